The number of benzene rings is 3. The van der Waals surface area contributed by atoms with Crippen LogP contribution in [0.3, 0.4) is 0 Å². The van der Waals surface area contributed by atoms with Crippen LogP contribution in [0.15, 0.2) is 78.9 Å². The molecule has 2 fully saturated rings. The molecule has 2 saturated heterocycles. The van der Waals surface area contributed by atoms with Crippen LogP contribution in [-0.2, 0) is 19.2 Å². The summed E-state index contributed by atoms with van der Waals surface area (Å²) in [6, 6.07) is 18.4. The summed E-state index contributed by atoms with van der Waals surface area (Å²) in [6.45, 7) is 2.57. The normalized spacial score (nSPS) is 22.4. The summed E-state index contributed by atoms with van der Waals surface area (Å²) < 4.78 is 10.2. The molecule has 0 unspecified atom stereocenters. The van der Waals surface area contributed by atoms with Crippen molar-refractivity contribution in [3.8, 4) is 11.5 Å². The fourth-order valence-corrected chi connectivity index (χ4v) is 5.92. The van der Waals surface area contributed by atoms with Crippen LogP contribution in [0.1, 0.15) is 29.8 Å². The number of hydrogen-bond donors (Lipinski definition) is 0. The lowest BCUT2D eigenvalue weighted by molar-refractivity contribution is -0.132. The molecule has 0 N–H and O–H groups in total. The molecule has 3 heterocycles. The first-order chi connectivity index (χ1) is 19.2. The second kappa shape index (κ2) is 9.60. The lowest BCUT2D eigenvalue weighted by Crippen LogP contribution is -2.48. The van der Waals surface area contributed by atoms with E-state index >= 15 is 0 Å². The van der Waals surface area contributed by atoms with Crippen LogP contribution in [0, 0.1) is 11.8 Å². The maximum absolute atomic E-state index is 14.1. The van der Waals surface area contributed by atoms with Crippen LogP contribution in [0.4, 0.5) is 11.4 Å². The van der Waals surface area contributed by atoms with Gasteiger partial charge < -0.3 is 14.4 Å². The number of imide groups is 1. The molecule has 3 aliphatic heterocycles. The van der Waals surface area contributed by atoms with Crippen LogP contribution in [-0.4, -0.2) is 41.6 Å². The van der Waals surface area contributed by atoms with Crippen molar-refractivity contribution >= 4 is 47.0 Å². The predicted octanol–water partition coefficient (Wildman–Crippen LogP) is 3.81. The van der Waals surface area contributed by atoms with E-state index in [-0.39, 0.29) is 5.78 Å². The van der Waals surface area contributed by atoms with Gasteiger partial charge in [-0.1, -0.05) is 30.4 Å². The first-order valence-electron chi connectivity index (χ1n) is 12.8. The van der Waals surface area contributed by atoms with Crippen molar-refractivity contribution in [2.24, 2.45) is 11.8 Å². The van der Waals surface area contributed by atoms with Crippen molar-refractivity contribution < 1.29 is 33.4 Å². The highest BCUT2D eigenvalue weighted by atomic mass is 16.5. The van der Waals surface area contributed by atoms with E-state index < -0.39 is 47.7 Å². The number of Topliss-reactive ketones (excluding diaryl/α,β-unsaturated/α-hetero) is 1. The van der Waals surface area contributed by atoms with Gasteiger partial charge in [-0.2, -0.15) is 0 Å². The Morgan fingerprint density at radius 2 is 1.30 bits per heavy atom. The number of anilines is 2. The molecule has 6 rings (SSSR count). The molecule has 0 radical (unpaired) electrons. The summed E-state index contributed by atoms with van der Waals surface area (Å²) >= 11 is 0. The zero-order chi connectivity index (χ0) is 28.1. The number of esters is 2. The summed E-state index contributed by atoms with van der Waals surface area (Å²) in [5.74, 6) is -3.26. The van der Waals surface area contributed by atoms with E-state index in [9.17, 15) is 24.0 Å². The Kier molecular flexibility index (Phi) is 6.06. The van der Waals surface area contributed by atoms with Crippen LogP contribution in [0.25, 0.3) is 6.08 Å². The molecule has 2 amide bonds. The van der Waals surface area contributed by atoms with Crippen LogP contribution in [0.5, 0.6) is 11.5 Å². The monoisotopic (exact) mass is 536 g/mol. The number of carbonyl (C=O) groups excluding carboxylic acids is 5. The zero-order valence-corrected chi connectivity index (χ0v) is 21.6. The molecule has 0 saturated carbocycles. The first-order valence-corrected chi connectivity index (χ1v) is 12.8. The Bertz CT molecular complexity index is 1590. The smallest absolute Gasteiger partial charge is 0.308 e. The molecule has 0 aromatic heterocycles. The van der Waals surface area contributed by atoms with E-state index in [1.54, 1.807) is 24.3 Å². The summed E-state index contributed by atoms with van der Waals surface area (Å²) in [6.07, 6.45) is 3.80. The number of hydrogen-bond acceptors (Lipinski definition) is 8. The molecule has 0 spiro atoms. The van der Waals surface area contributed by atoms with E-state index in [4.69, 9.17) is 9.47 Å². The van der Waals surface area contributed by atoms with Gasteiger partial charge in [-0.3, -0.25) is 24.0 Å². The number of rotatable bonds is 5. The second-order valence-corrected chi connectivity index (χ2v) is 9.89. The number of fused-ring (bicyclic) bond motifs is 5. The molecule has 200 valence electrons. The summed E-state index contributed by atoms with van der Waals surface area (Å²) in [5.41, 5.74) is 2.33. The van der Waals surface area contributed by atoms with Gasteiger partial charge in [0.05, 0.1) is 23.6 Å². The number of ether oxygens (including phenoxy) is 2. The molecule has 3 aliphatic rings. The van der Waals surface area contributed by atoms with Gasteiger partial charge in [-0.25, -0.2) is 4.90 Å². The molecule has 40 heavy (non-hydrogen) atoms. The maximum atomic E-state index is 14.1. The van der Waals surface area contributed by atoms with Gasteiger partial charge in [0.25, 0.3) is 0 Å². The van der Waals surface area contributed by atoms with Crippen LogP contribution < -0.4 is 19.3 Å². The third-order valence-corrected chi connectivity index (χ3v) is 7.44. The van der Waals surface area contributed by atoms with Crippen LogP contribution in [0.2, 0.25) is 0 Å². The average Bonchev–Trinajstić information content (AvgIpc) is 3.41. The highest BCUT2D eigenvalue weighted by molar-refractivity contribution is 6.25. The quantitative estimate of drug-likeness (QED) is 0.210. The molecule has 3 aromatic carbocycles. The highest BCUT2D eigenvalue weighted by Crippen LogP contribution is 2.49. The largest absolute Gasteiger partial charge is 0.427 e. The molecule has 9 heteroatoms. The minimum Gasteiger partial charge on any atom is -0.427 e. The molecule has 0 aliphatic carbocycles. The lowest BCUT2D eigenvalue weighted by Gasteiger charge is -2.36. The van der Waals surface area contributed by atoms with E-state index in [1.165, 1.54) is 38.1 Å². The number of carbonyl (C=O) groups is 5. The van der Waals surface area contributed by atoms with Crippen molar-refractivity contribution in [2.75, 3.05) is 9.80 Å². The van der Waals surface area contributed by atoms with Gasteiger partial charge in [0, 0.05) is 25.1 Å². The van der Waals surface area contributed by atoms with Gasteiger partial charge in [-0.15, -0.1) is 0 Å². The highest BCUT2D eigenvalue weighted by Gasteiger charge is 2.64. The fraction of sp³-hybridized carbons (Fsp3) is 0.194. The third kappa shape index (κ3) is 4.07. The zero-order valence-electron chi connectivity index (χ0n) is 21.6. The summed E-state index contributed by atoms with van der Waals surface area (Å²) in [7, 11) is 0. The number of amides is 2. The lowest BCUT2D eigenvalue weighted by atomic mass is 9.86. The molecule has 3 aromatic rings. The third-order valence-electron chi connectivity index (χ3n) is 7.44. The fourth-order valence-electron chi connectivity index (χ4n) is 5.92. The van der Waals surface area contributed by atoms with E-state index in [0.717, 1.165) is 16.2 Å². The van der Waals surface area contributed by atoms with Crippen molar-refractivity contribution in [2.45, 2.75) is 25.9 Å². The molecule has 9 nitrogen and oxygen atoms in total. The van der Waals surface area contributed by atoms with Gasteiger partial charge >= 0.3 is 11.9 Å². The summed E-state index contributed by atoms with van der Waals surface area (Å²) in [5, 5.41) is 0. The number of para-hydroxylation sites is 1. The average molecular weight is 537 g/mol. The SMILES string of the molecule is CC(=O)Oc1ccc(C(=O)[C@@H]2[C@@H]3C(=O)N(c4ccc(OC(C)=O)cc4)C(=O)[C@H]3[C@H]3C=Cc4ccccc4N32)cc1. The summed E-state index contributed by atoms with van der Waals surface area (Å²) in [4.78, 5) is 67.6. The van der Waals surface area contributed by atoms with Gasteiger partial charge in [0.2, 0.25) is 11.8 Å². The maximum Gasteiger partial charge on any atom is 0.308 e. The molecular formula is C31H24N2O7. The van der Waals surface area contributed by atoms with Crippen molar-refractivity contribution in [1.29, 1.82) is 0 Å². The standard InChI is InChI=1S/C31H24N2O7/c1-17(34)39-22-12-7-20(8-13-22)29(36)28-27-26(25-16-9-19-5-3-4-6-24(19)33(25)28)30(37)32(31(27)38)21-10-14-23(15-11-21)40-18(2)35/h3-16,25-28H,1-2H3/t25-,26+,27-,28+/m1/s1. The van der Waals surface area contributed by atoms with Gasteiger partial charge in [-0.05, 0) is 60.2 Å². The molecule has 0 bridgehead atoms. The van der Waals surface area contributed by atoms with Gasteiger partial charge in [0.1, 0.15) is 17.5 Å². The van der Waals surface area contributed by atoms with E-state index in [2.05, 4.69) is 0 Å². The molecule has 4 atom stereocenters. The Morgan fingerprint density at radius 3 is 1.93 bits per heavy atom. The van der Waals surface area contributed by atoms with E-state index in [0.29, 0.717) is 22.7 Å². The van der Waals surface area contributed by atoms with E-state index in [1.807, 2.05) is 41.3 Å². The number of nitrogens with zero attached hydrogens (tertiary/aromatic N) is 2. The number of ketones is 1. The Morgan fingerprint density at radius 1 is 0.725 bits per heavy atom. The topological polar surface area (TPSA) is 110 Å². The first kappa shape index (κ1) is 25.2. The van der Waals surface area contributed by atoms with Crippen molar-refractivity contribution in [3.05, 3.63) is 90.0 Å². The Hall–Kier alpha value is -5.05. The van der Waals surface area contributed by atoms with Crippen LogP contribution >= 0.6 is 0 Å². The minimum atomic E-state index is -0.942. The molecular weight excluding hydrogens is 512 g/mol. The minimum absolute atomic E-state index is 0.291. The van der Waals surface area contributed by atoms with Crippen molar-refractivity contribution in [1.82, 2.24) is 0 Å². The van der Waals surface area contributed by atoms with Gasteiger partial charge in [0.15, 0.2) is 5.78 Å². The Balaban J connectivity index is 1.40. The Labute approximate surface area is 229 Å². The predicted molar refractivity (Wildman–Crippen MR) is 145 cm³/mol. The second-order valence-electron chi connectivity index (χ2n) is 9.89. The van der Waals surface area contributed by atoms with Crippen molar-refractivity contribution in [3.63, 3.8) is 0 Å².